The van der Waals surface area contributed by atoms with Gasteiger partial charge in [0.2, 0.25) is 0 Å². The van der Waals surface area contributed by atoms with Gasteiger partial charge < -0.3 is 15.7 Å². The van der Waals surface area contributed by atoms with Gasteiger partial charge in [0.1, 0.15) is 11.4 Å². The molecule has 0 atom stereocenters. The van der Waals surface area contributed by atoms with Crippen molar-refractivity contribution in [2.24, 2.45) is 0 Å². The Morgan fingerprint density at radius 3 is 2.82 bits per heavy atom. The quantitative estimate of drug-likeness (QED) is 0.773. The van der Waals surface area contributed by atoms with Gasteiger partial charge >= 0.3 is 5.97 Å². The summed E-state index contributed by atoms with van der Waals surface area (Å²) < 4.78 is 13.2. The topological polar surface area (TPSA) is 90.4 Å². The molecule has 17 heavy (non-hydrogen) atoms. The Hall–Kier alpha value is -2.29. The van der Waals surface area contributed by atoms with Crippen LogP contribution in [0.2, 0.25) is 0 Å². The molecule has 90 valence electrons. The third-order valence-electron chi connectivity index (χ3n) is 2.35. The van der Waals surface area contributed by atoms with E-state index in [1.165, 1.54) is 6.07 Å². The van der Waals surface area contributed by atoms with Crippen molar-refractivity contribution in [3.8, 4) is 6.07 Å². The van der Waals surface area contributed by atoms with Gasteiger partial charge in [-0.15, -0.1) is 0 Å². The summed E-state index contributed by atoms with van der Waals surface area (Å²) >= 11 is 0. The van der Waals surface area contributed by atoms with Crippen molar-refractivity contribution in [1.29, 1.82) is 5.26 Å². The van der Waals surface area contributed by atoms with Crippen LogP contribution in [-0.4, -0.2) is 24.7 Å². The third kappa shape index (κ3) is 2.64. The molecule has 0 saturated carbocycles. The van der Waals surface area contributed by atoms with Crippen molar-refractivity contribution < 1.29 is 14.3 Å². The number of carboxylic acids is 1. The Morgan fingerprint density at radius 2 is 2.29 bits per heavy atom. The van der Waals surface area contributed by atoms with Crippen LogP contribution in [-0.2, 0) is 0 Å². The molecule has 0 spiro atoms. The summed E-state index contributed by atoms with van der Waals surface area (Å²) in [6.45, 7) is 0.349. The highest BCUT2D eigenvalue weighted by Crippen LogP contribution is 2.27. The maximum Gasteiger partial charge on any atom is 0.340 e. The first kappa shape index (κ1) is 12.8. The predicted molar refractivity (Wildman–Crippen MR) is 61.3 cm³/mol. The van der Waals surface area contributed by atoms with Crippen LogP contribution >= 0.6 is 0 Å². The molecule has 0 aliphatic rings. The van der Waals surface area contributed by atoms with E-state index in [0.717, 1.165) is 6.07 Å². The molecule has 0 fully saturated rings. The monoisotopic (exact) mass is 237 g/mol. The maximum absolute atomic E-state index is 13.2. The highest BCUT2D eigenvalue weighted by atomic mass is 19.1. The fraction of sp³-hybridized carbons (Fsp3) is 0.273. The molecule has 0 amide bonds. The van der Waals surface area contributed by atoms with Gasteiger partial charge in [0.25, 0.3) is 0 Å². The minimum Gasteiger partial charge on any atom is -0.478 e. The lowest BCUT2D eigenvalue weighted by Crippen LogP contribution is -2.22. The van der Waals surface area contributed by atoms with Gasteiger partial charge in [-0.3, -0.25) is 0 Å². The lowest BCUT2D eigenvalue weighted by Gasteiger charge is -2.20. The molecule has 0 unspecified atom stereocenters. The zero-order chi connectivity index (χ0) is 13.0. The highest BCUT2D eigenvalue weighted by Gasteiger charge is 2.19. The molecule has 0 radical (unpaired) electrons. The highest BCUT2D eigenvalue weighted by molar-refractivity contribution is 6.00. The molecule has 5 nitrogen and oxygen atoms in total. The van der Waals surface area contributed by atoms with E-state index in [1.54, 1.807) is 11.9 Å². The number of aromatic carboxylic acids is 1. The molecule has 0 aromatic heterocycles. The molecular weight excluding hydrogens is 225 g/mol. The second kappa shape index (κ2) is 5.16. The number of carboxylic acid groups (broad SMARTS) is 1. The number of benzene rings is 1. The SMILES string of the molecule is CN(CCC#N)c1ccc(F)c(N)c1C(=O)O. The summed E-state index contributed by atoms with van der Waals surface area (Å²) in [4.78, 5) is 12.6. The Balaban J connectivity index is 3.20. The van der Waals surface area contributed by atoms with Gasteiger partial charge in [-0.25, -0.2) is 9.18 Å². The molecule has 0 aliphatic heterocycles. The van der Waals surface area contributed by atoms with Crippen LogP contribution in [0.15, 0.2) is 12.1 Å². The van der Waals surface area contributed by atoms with Gasteiger partial charge in [0.15, 0.2) is 0 Å². The number of anilines is 2. The molecule has 3 N–H and O–H groups in total. The normalized spacial score (nSPS) is 9.71. The van der Waals surface area contributed by atoms with Crippen molar-refractivity contribution in [3.63, 3.8) is 0 Å². The molecule has 0 heterocycles. The number of carbonyl (C=O) groups is 1. The zero-order valence-corrected chi connectivity index (χ0v) is 9.27. The Bertz CT molecular complexity index is 482. The lowest BCUT2D eigenvalue weighted by atomic mass is 10.1. The number of nitriles is 1. The summed E-state index contributed by atoms with van der Waals surface area (Å²) in [5, 5.41) is 17.5. The van der Waals surface area contributed by atoms with Gasteiger partial charge in [-0.1, -0.05) is 0 Å². The van der Waals surface area contributed by atoms with Crippen LogP contribution in [0.1, 0.15) is 16.8 Å². The first-order chi connectivity index (χ1) is 7.99. The fourth-order valence-electron chi connectivity index (χ4n) is 1.46. The van der Waals surface area contributed by atoms with E-state index in [4.69, 9.17) is 16.1 Å². The van der Waals surface area contributed by atoms with Crippen LogP contribution in [0.25, 0.3) is 0 Å². The fourth-order valence-corrected chi connectivity index (χ4v) is 1.46. The molecule has 6 heteroatoms. The van der Waals surface area contributed by atoms with Gasteiger partial charge in [0.05, 0.1) is 23.9 Å². The smallest absolute Gasteiger partial charge is 0.340 e. The molecule has 1 aromatic rings. The summed E-state index contributed by atoms with van der Waals surface area (Å²) in [6, 6.07) is 4.40. The average Bonchev–Trinajstić information content (AvgIpc) is 2.28. The zero-order valence-electron chi connectivity index (χ0n) is 9.27. The number of nitrogen functional groups attached to an aromatic ring is 1. The van der Waals surface area contributed by atoms with E-state index in [0.29, 0.717) is 12.2 Å². The van der Waals surface area contributed by atoms with E-state index in [-0.39, 0.29) is 17.7 Å². The third-order valence-corrected chi connectivity index (χ3v) is 2.35. The van der Waals surface area contributed by atoms with E-state index in [2.05, 4.69) is 0 Å². The van der Waals surface area contributed by atoms with Gasteiger partial charge in [-0.05, 0) is 12.1 Å². The van der Waals surface area contributed by atoms with Crippen molar-refractivity contribution in [3.05, 3.63) is 23.5 Å². The minimum absolute atomic E-state index is 0.243. The minimum atomic E-state index is -1.29. The summed E-state index contributed by atoms with van der Waals surface area (Å²) in [6.07, 6.45) is 0.243. The van der Waals surface area contributed by atoms with E-state index < -0.39 is 11.8 Å². The van der Waals surface area contributed by atoms with Crippen molar-refractivity contribution >= 4 is 17.3 Å². The van der Waals surface area contributed by atoms with E-state index in [1.807, 2.05) is 6.07 Å². The van der Waals surface area contributed by atoms with Gasteiger partial charge in [0, 0.05) is 13.6 Å². The lowest BCUT2D eigenvalue weighted by molar-refractivity contribution is 0.0698. The molecule has 0 saturated heterocycles. The maximum atomic E-state index is 13.2. The second-order valence-corrected chi connectivity index (χ2v) is 3.49. The van der Waals surface area contributed by atoms with Gasteiger partial charge in [-0.2, -0.15) is 5.26 Å². The second-order valence-electron chi connectivity index (χ2n) is 3.49. The van der Waals surface area contributed by atoms with E-state index >= 15 is 0 Å². The first-order valence-electron chi connectivity index (χ1n) is 4.88. The Labute approximate surface area is 97.9 Å². The number of hydrogen-bond acceptors (Lipinski definition) is 4. The van der Waals surface area contributed by atoms with Crippen molar-refractivity contribution in [1.82, 2.24) is 0 Å². The molecule has 1 aromatic carbocycles. The van der Waals surface area contributed by atoms with Crippen LogP contribution in [0.3, 0.4) is 0 Å². The summed E-state index contributed by atoms with van der Waals surface area (Å²) in [5.41, 5.74) is 5.04. The first-order valence-corrected chi connectivity index (χ1v) is 4.88. The van der Waals surface area contributed by atoms with E-state index in [9.17, 15) is 9.18 Å². The van der Waals surface area contributed by atoms with Crippen LogP contribution < -0.4 is 10.6 Å². The number of nitrogens with zero attached hydrogens (tertiary/aromatic N) is 2. The van der Waals surface area contributed by atoms with Crippen molar-refractivity contribution in [2.45, 2.75) is 6.42 Å². The number of halogens is 1. The van der Waals surface area contributed by atoms with Crippen LogP contribution in [0, 0.1) is 17.1 Å². The largest absolute Gasteiger partial charge is 0.478 e. The number of nitrogens with two attached hydrogens (primary N) is 1. The van der Waals surface area contributed by atoms with Crippen LogP contribution in [0.5, 0.6) is 0 Å². The molecule has 0 bridgehead atoms. The average molecular weight is 237 g/mol. The molecule has 1 rings (SSSR count). The van der Waals surface area contributed by atoms with Crippen LogP contribution in [0.4, 0.5) is 15.8 Å². The number of rotatable bonds is 4. The Morgan fingerprint density at radius 1 is 1.65 bits per heavy atom. The molecular formula is C11H12FN3O2. The summed E-state index contributed by atoms with van der Waals surface area (Å²) in [5.74, 6) is -2.05. The Kier molecular flexibility index (Phi) is 3.88. The number of hydrogen-bond donors (Lipinski definition) is 2. The van der Waals surface area contributed by atoms with Crippen molar-refractivity contribution in [2.75, 3.05) is 24.2 Å². The summed E-state index contributed by atoms with van der Waals surface area (Å²) in [7, 11) is 1.62. The standard InChI is InChI=1S/C11H12FN3O2/c1-15(6-2-5-13)8-4-3-7(12)10(14)9(8)11(16)17/h3-4H,2,6,14H2,1H3,(H,16,17). The molecule has 0 aliphatic carbocycles. The predicted octanol–water partition coefficient (Wildman–Crippen LogP) is 1.46.